The second-order valence-corrected chi connectivity index (χ2v) is 7.42. The van der Waals surface area contributed by atoms with Gasteiger partial charge in [0.05, 0.1) is 0 Å². The van der Waals surface area contributed by atoms with E-state index in [2.05, 4.69) is 0 Å². The Hall–Kier alpha value is -1.07. The smallest absolute Gasteiger partial charge is 0.179 e. The van der Waals surface area contributed by atoms with Crippen molar-refractivity contribution in [1.82, 2.24) is 0 Å². The zero-order chi connectivity index (χ0) is 14.1. The summed E-state index contributed by atoms with van der Waals surface area (Å²) in [5.41, 5.74) is 6.34. The molecule has 4 nitrogen and oxygen atoms in total. The van der Waals surface area contributed by atoms with Crippen molar-refractivity contribution in [2.24, 2.45) is 5.73 Å². The van der Waals surface area contributed by atoms with Crippen LogP contribution in [0.25, 0.3) is 0 Å². The summed E-state index contributed by atoms with van der Waals surface area (Å²) >= 11 is 0. The molecule has 19 heavy (non-hydrogen) atoms. The summed E-state index contributed by atoms with van der Waals surface area (Å²) in [5.74, 6) is -0.168. The average Bonchev–Trinajstić information content (AvgIpc) is 2.38. The Morgan fingerprint density at radius 2 is 1.89 bits per heavy atom. The van der Waals surface area contributed by atoms with Gasteiger partial charge in [0.25, 0.3) is 0 Å². The molecule has 0 aliphatic heterocycles. The van der Waals surface area contributed by atoms with Crippen molar-refractivity contribution in [1.29, 1.82) is 0 Å². The Bertz CT molecular complexity index is 560. The van der Waals surface area contributed by atoms with Gasteiger partial charge in [0.2, 0.25) is 0 Å². The fourth-order valence-corrected chi connectivity index (χ4v) is 4.28. The number of hydrogen-bond donors (Lipinski definition) is 2. The molecular weight excluding hydrogens is 262 g/mol. The summed E-state index contributed by atoms with van der Waals surface area (Å²) < 4.78 is 23.9. The van der Waals surface area contributed by atoms with Gasteiger partial charge >= 0.3 is 0 Å². The summed E-state index contributed by atoms with van der Waals surface area (Å²) in [6, 6.07) is 4.92. The lowest BCUT2D eigenvalue weighted by atomic mass is 9.69. The molecule has 0 radical (unpaired) electrons. The van der Waals surface area contributed by atoms with Gasteiger partial charge < -0.3 is 10.8 Å². The molecule has 3 N–H and O–H groups in total. The van der Waals surface area contributed by atoms with Gasteiger partial charge in [0.1, 0.15) is 10.6 Å². The summed E-state index contributed by atoms with van der Waals surface area (Å²) in [7, 11) is -3.47. The van der Waals surface area contributed by atoms with Gasteiger partial charge in [0.15, 0.2) is 9.84 Å². The van der Waals surface area contributed by atoms with Gasteiger partial charge in [0, 0.05) is 18.2 Å². The van der Waals surface area contributed by atoms with Crippen LogP contribution in [0, 0.1) is 0 Å². The first-order valence-corrected chi connectivity index (χ1v) is 8.52. The predicted octanol–water partition coefficient (Wildman–Crippen LogP) is 1.96. The molecule has 1 saturated carbocycles. The van der Waals surface area contributed by atoms with E-state index < -0.39 is 9.84 Å². The van der Waals surface area contributed by atoms with E-state index in [1.54, 1.807) is 12.1 Å². The van der Waals surface area contributed by atoms with Crippen molar-refractivity contribution in [3.63, 3.8) is 0 Å². The maximum atomic E-state index is 12.0. The third-order valence-electron chi connectivity index (χ3n) is 4.14. The van der Waals surface area contributed by atoms with E-state index >= 15 is 0 Å². The number of phenolic OH excluding ortho intramolecular Hbond substituents is 1. The molecule has 5 heteroatoms. The number of nitrogens with two attached hydrogens (primary N) is 1. The standard InChI is InChI=1S/C14H21NO3S/c1-19(17,18)13-11(6-5-7-12(13)16)14(10-15)8-3-2-4-9-14/h5-7,16H,2-4,8-10,15H2,1H3. The maximum absolute atomic E-state index is 12.0. The predicted molar refractivity (Wildman–Crippen MR) is 75.0 cm³/mol. The lowest BCUT2D eigenvalue weighted by Gasteiger charge is -2.38. The molecule has 1 fully saturated rings. The molecule has 1 aliphatic rings. The van der Waals surface area contributed by atoms with Crippen LogP contribution in [-0.4, -0.2) is 26.3 Å². The summed E-state index contributed by atoms with van der Waals surface area (Å²) in [6.45, 7) is 0.416. The van der Waals surface area contributed by atoms with E-state index in [0.29, 0.717) is 12.1 Å². The van der Waals surface area contributed by atoms with Gasteiger partial charge in [-0.3, -0.25) is 0 Å². The zero-order valence-corrected chi connectivity index (χ0v) is 12.0. The first-order valence-electron chi connectivity index (χ1n) is 6.63. The Balaban J connectivity index is 2.64. The normalized spacial score (nSPS) is 19.3. The number of rotatable bonds is 3. The topological polar surface area (TPSA) is 80.4 Å². The summed E-state index contributed by atoms with van der Waals surface area (Å²) in [6.07, 6.45) is 6.17. The van der Waals surface area contributed by atoms with Crippen LogP contribution in [0.15, 0.2) is 23.1 Å². The molecule has 0 bridgehead atoms. The lowest BCUT2D eigenvalue weighted by Crippen LogP contribution is -2.38. The zero-order valence-electron chi connectivity index (χ0n) is 11.2. The van der Waals surface area contributed by atoms with E-state index in [1.807, 2.05) is 0 Å². The molecule has 2 rings (SSSR count). The molecule has 1 aromatic rings. The van der Waals surface area contributed by atoms with Crippen LogP contribution in [0.3, 0.4) is 0 Å². The first kappa shape index (κ1) is 14.3. The molecule has 0 heterocycles. The van der Waals surface area contributed by atoms with Crippen LogP contribution >= 0.6 is 0 Å². The molecule has 0 amide bonds. The minimum absolute atomic E-state index is 0.0577. The molecule has 1 aliphatic carbocycles. The van der Waals surface area contributed by atoms with Crippen LogP contribution in [0.4, 0.5) is 0 Å². The van der Waals surface area contributed by atoms with Crippen molar-refractivity contribution >= 4 is 9.84 Å². The SMILES string of the molecule is CS(=O)(=O)c1c(O)cccc1C1(CN)CCCCC1. The average molecular weight is 283 g/mol. The number of phenols is 1. The van der Waals surface area contributed by atoms with Crippen LogP contribution in [0.2, 0.25) is 0 Å². The highest BCUT2D eigenvalue weighted by Gasteiger charge is 2.37. The van der Waals surface area contributed by atoms with E-state index in [0.717, 1.165) is 38.4 Å². The van der Waals surface area contributed by atoms with Gasteiger partial charge in [-0.2, -0.15) is 0 Å². The maximum Gasteiger partial charge on any atom is 0.179 e. The third kappa shape index (κ3) is 2.62. The molecule has 0 atom stereocenters. The highest BCUT2D eigenvalue weighted by molar-refractivity contribution is 7.90. The summed E-state index contributed by atoms with van der Waals surface area (Å²) in [5, 5.41) is 9.95. The van der Waals surface area contributed by atoms with Gasteiger partial charge in [-0.15, -0.1) is 0 Å². The van der Waals surface area contributed by atoms with E-state index in [-0.39, 0.29) is 16.1 Å². The molecule has 0 saturated heterocycles. The Morgan fingerprint density at radius 1 is 1.26 bits per heavy atom. The van der Waals surface area contributed by atoms with E-state index in [1.165, 1.54) is 6.07 Å². The van der Waals surface area contributed by atoms with Crippen molar-refractivity contribution < 1.29 is 13.5 Å². The minimum atomic E-state index is -3.47. The van der Waals surface area contributed by atoms with Crippen LogP contribution in [-0.2, 0) is 15.3 Å². The van der Waals surface area contributed by atoms with Crippen molar-refractivity contribution in [3.8, 4) is 5.75 Å². The number of aromatic hydroxyl groups is 1. The number of sulfone groups is 1. The molecule has 0 spiro atoms. The minimum Gasteiger partial charge on any atom is -0.507 e. The quantitative estimate of drug-likeness (QED) is 0.888. The Labute approximate surface area is 114 Å². The second-order valence-electron chi connectivity index (χ2n) is 5.47. The molecular formula is C14H21NO3S. The van der Waals surface area contributed by atoms with E-state index in [9.17, 15) is 13.5 Å². The van der Waals surface area contributed by atoms with Gasteiger partial charge in [-0.25, -0.2) is 8.42 Å². The fraction of sp³-hybridized carbons (Fsp3) is 0.571. The Kier molecular flexibility index (Phi) is 3.87. The van der Waals surface area contributed by atoms with Crippen molar-refractivity contribution in [2.45, 2.75) is 42.4 Å². The number of benzene rings is 1. The highest BCUT2D eigenvalue weighted by Crippen LogP contribution is 2.43. The van der Waals surface area contributed by atoms with Crippen molar-refractivity contribution in [3.05, 3.63) is 23.8 Å². The van der Waals surface area contributed by atoms with Crippen LogP contribution < -0.4 is 5.73 Å². The molecule has 1 aromatic carbocycles. The highest BCUT2D eigenvalue weighted by atomic mass is 32.2. The second kappa shape index (κ2) is 5.13. The van der Waals surface area contributed by atoms with Crippen LogP contribution in [0.1, 0.15) is 37.7 Å². The van der Waals surface area contributed by atoms with Crippen molar-refractivity contribution in [2.75, 3.05) is 12.8 Å². The first-order chi connectivity index (χ1) is 8.91. The largest absolute Gasteiger partial charge is 0.507 e. The monoisotopic (exact) mass is 283 g/mol. The molecule has 0 aromatic heterocycles. The molecule has 0 unspecified atom stereocenters. The lowest BCUT2D eigenvalue weighted by molar-refractivity contribution is 0.294. The third-order valence-corrected chi connectivity index (χ3v) is 5.31. The summed E-state index contributed by atoms with van der Waals surface area (Å²) in [4.78, 5) is 0.0577. The molecule has 106 valence electrons. The fourth-order valence-electron chi connectivity index (χ4n) is 3.14. The van der Waals surface area contributed by atoms with Gasteiger partial charge in [-0.05, 0) is 24.5 Å². The van der Waals surface area contributed by atoms with Crippen LogP contribution in [0.5, 0.6) is 5.75 Å². The van der Waals surface area contributed by atoms with E-state index in [4.69, 9.17) is 5.73 Å². The van der Waals surface area contributed by atoms with Gasteiger partial charge in [-0.1, -0.05) is 31.4 Å². The number of hydrogen-bond acceptors (Lipinski definition) is 4. The Morgan fingerprint density at radius 3 is 2.42 bits per heavy atom.